The van der Waals surface area contributed by atoms with Gasteiger partial charge in [0.1, 0.15) is 0 Å². The summed E-state index contributed by atoms with van der Waals surface area (Å²) >= 11 is 0. The maximum atomic E-state index is 10.7. The van der Waals surface area contributed by atoms with Crippen molar-refractivity contribution in [2.24, 2.45) is 11.5 Å². The third-order valence-electron chi connectivity index (χ3n) is 2.01. The lowest BCUT2D eigenvalue weighted by molar-refractivity contribution is -0.116. The molecular formula is C10H17Cl2N3O. The molecule has 0 saturated carbocycles. The predicted octanol–water partition coefficient (Wildman–Crippen LogP) is 0.910. The van der Waals surface area contributed by atoms with Gasteiger partial charge in [-0.05, 0) is 17.7 Å². The van der Waals surface area contributed by atoms with E-state index in [0.29, 0.717) is 6.54 Å². The third kappa shape index (κ3) is 5.21. The van der Waals surface area contributed by atoms with Gasteiger partial charge in [0.15, 0.2) is 0 Å². The molecule has 0 heterocycles. The number of nitrogens with two attached hydrogens (primary N) is 2. The maximum absolute atomic E-state index is 10.7. The molecule has 1 aromatic carbocycles. The number of halogens is 2. The summed E-state index contributed by atoms with van der Waals surface area (Å²) in [5, 5.41) is 0. The monoisotopic (exact) mass is 265 g/mol. The number of carbonyl (C=O) groups is 1. The van der Waals surface area contributed by atoms with Gasteiger partial charge in [-0.1, -0.05) is 12.1 Å². The first-order valence-corrected chi connectivity index (χ1v) is 4.42. The lowest BCUT2D eigenvalue weighted by Gasteiger charge is -2.17. The Morgan fingerprint density at radius 2 is 1.75 bits per heavy atom. The quantitative estimate of drug-likeness (QED) is 0.850. The zero-order valence-electron chi connectivity index (χ0n) is 9.05. The summed E-state index contributed by atoms with van der Waals surface area (Å²) < 4.78 is 0. The fourth-order valence-corrected chi connectivity index (χ4v) is 1.21. The van der Waals surface area contributed by atoms with Crippen LogP contribution < -0.4 is 16.4 Å². The molecule has 0 radical (unpaired) electrons. The summed E-state index contributed by atoms with van der Waals surface area (Å²) in [6.07, 6.45) is 0. The van der Waals surface area contributed by atoms with Gasteiger partial charge in [0, 0.05) is 19.3 Å². The Balaban J connectivity index is 0. The molecule has 0 spiro atoms. The van der Waals surface area contributed by atoms with E-state index < -0.39 is 0 Å². The van der Waals surface area contributed by atoms with Crippen molar-refractivity contribution in [2.75, 3.05) is 18.5 Å². The topological polar surface area (TPSA) is 72.3 Å². The van der Waals surface area contributed by atoms with Crippen LogP contribution >= 0.6 is 24.8 Å². The average Bonchev–Trinajstić information content (AvgIpc) is 2.17. The van der Waals surface area contributed by atoms with Gasteiger partial charge in [0.25, 0.3) is 0 Å². The van der Waals surface area contributed by atoms with Crippen molar-refractivity contribution in [2.45, 2.75) is 6.54 Å². The fourth-order valence-electron chi connectivity index (χ4n) is 1.21. The number of carbonyl (C=O) groups excluding carboxylic acids is 1. The summed E-state index contributed by atoms with van der Waals surface area (Å²) in [4.78, 5) is 12.5. The van der Waals surface area contributed by atoms with Crippen molar-refractivity contribution in [3.63, 3.8) is 0 Å². The van der Waals surface area contributed by atoms with Crippen LogP contribution in [0, 0.1) is 0 Å². The highest BCUT2D eigenvalue weighted by Gasteiger charge is 2.03. The summed E-state index contributed by atoms with van der Waals surface area (Å²) in [5.74, 6) is -0.338. The van der Waals surface area contributed by atoms with Gasteiger partial charge in [-0.15, -0.1) is 24.8 Å². The summed E-state index contributed by atoms with van der Waals surface area (Å²) in [6.45, 7) is 0.752. The minimum absolute atomic E-state index is 0. The highest BCUT2D eigenvalue weighted by Crippen LogP contribution is 2.12. The molecule has 0 unspecified atom stereocenters. The zero-order valence-corrected chi connectivity index (χ0v) is 10.7. The van der Waals surface area contributed by atoms with Crippen molar-refractivity contribution < 1.29 is 4.79 Å². The molecule has 0 fully saturated rings. The Hall–Kier alpha value is -0.970. The van der Waals surface area contributed by atoms with Crippen LogP contribution in [0.1, 0.15) is 5.56 Å². The van der Waals surface area contributed by atoms with Gasteiger partial charge in [-0.25, -0.2) is 0 Å². The van der Waals surface area contributed by atoms with E-state index in [1.807, 2.05) is 31.3 Å². The average molecular weight is 266 g/mol. The molecule has 4 N–H and O–H groups in total. The van der Waals surface area contributed by atoms with Gasteiger partial charge in [-0.2, -0.15) is 0 Å². The number of hydrogen-bond donors (Lipinski definition) is 2. The van der Waals surface area contributed by atoms with Gasteiger partial charge >= 0.3 is 0 Å². The lowest BCUT2D eigenvalue weighted by atomic mass is 10.2. The molecule has 1 rings (SSSR count). The molecule has 92 valence electrons. The van der Waals surface area contributed by atoms with Crippen LogP contribution in [0.3, 0.4) is 0 Å². The number of likely N-dealkylation sites (N-methyl/N-ethyl adjacent to an activating group) is 1. The largest absolute Gasteiger partial charge is 0.368 e. The number of nitrogens with zero attached hydrogens (tertiary/aromatic N) is 1. The molecular weight excluding hydrogens is 249 g/mol. The molecule has 0 saturated heterocycles. The number of primary amides is 1. The fraction of sp³-hybridized carbons (Fsp3) is 0.300. The Bertz CT molecular complexity index is 316. The van der Waals surface area contributed by atoms with E-state index in [-0.39, 0.29) is 37.3 Å². The molecule has 1 amide bonds. The van der Waals surface area contributed by atoms with Gasteiger partial charge < -0.3 is 16.4 Å². The number of rotatable bonds is 4. The maximum Gasteiger partial charge on any atom is 0.236 e. The van der Waals surface area contributed by atoms with Crippen molar-refractivity contribution >= 4 is 36.4 Å². The van der Waals surface area contributed by atoms with E-state index in [1.165, 1.54) is 0 Å². The first kappa shape index (κ1) is 17.4. The van der Waals surface area contributed by atoms with Crippen molar-refractivity contribution in [1.29, 1.82) is 0 Å². The van der Waals surface area contributed by atoms with Gasteiger partial charge in [-0.3, -0.25) is 4.79 Å². The van der Waals surface area contributed by atoms with Crippen molar-refractivity contribution in [3.8, 4) is 0 Å². The van der Waals surface area contributed by atoms with Gasteiger partial charge in [0.05, 0.1) is 6.54 Å². The van der Waals surface area contributed by atoms with E-state index in [0.717, 1.165) is 11.3 Å². The van der Waals surface area contributed by atoms with Crippen LogP contribution in [0.4, 0.5) is 5.69 Å². The minimum Gasteiger partial charge on any atom is -0.368 e. The summed E-state index contributed by atoms with van der Waals surface area (Å²) in [6, 6.07) is 7.72. The van der Waals surface area contributed by atoms with Crippen LogP contribution in [-0.4, -0.2) is 19.5 Å². The molecule has 0 bridgehead atoms. The van der Waals surface area contributed by atoms with E-state index in [4.69, 9.17) is 11.5 Å². The number of amides is 1. The molecule has 1 aromatic rings. The SMILES string of the molecule is CN(CC(N)=O)c1ccc(CN)cc1.Cl.Cl. The highest BCUT2D eigenvalue weighted by molar-refractivity contribution is 5.85. The molecule has 0 aliphatic carbocycles. The lowest BCUT2D eigenvalue weighted by Crippen LogP contribution is -2.30. The molecule has 4 nitrogen and oxygen atoms in total. The van der Waals surface area contributed by atoms with E-state index in [2.05, 4.69) is 0 Å². The minimum atomic E-state index is -0.338. The standard InChI is InChI=1S/C10H15N3O.2ClH/c1-13(7-10(12)14)9-4-2-8(6-11)3-5-9;;/h2-5H,6-7,11H2,1H3,(H2,12,14);2*1H. The molecule has 0 aromatic heterocycles. The van der Waals surface area contributed by atoms with Crippen LogP contribution in [0.5, 0.6) is 0 Å². The van der Waals surface area contributed by atoms with Crippen LogP contribution in [-0.2, 0) is 11.3 Å². The summed E-state index contributed by atoms with van der Waals surface area (Å²) in [5.41, 5.74) is 12.6. The molecule has 16 heavy (non-hydrogen) atoms. The predicted molar refractivity (Wildman–Crippen MR) is 71.3 cm³/mol. The molecule has 6 heteroatoms. The Morgan fingerprint density at radius 3 is 2.12 bits per heavy atom. The zero-order chi connectivity index (χ0) is 10.6. The number of hydrogen-bond acceptors (Lipinski definition) is 3. The third-order valence-corrected chi connectivity index (χ3v) is 2.01. The molecule has 0 aliphatic heterocycles. The van der Waals surface area contributed by atoms with Crippen LogP contribution in [0.2, 0.25) is 0 Å². The van der Waals surface area contributed by atoms with Crippen LogP contribution in [0.15, 0.2) is 24.3 Å². The Morgan fingerprint density at radius 1 is 1.25 bits per heavy atom. The second-order valence-electron chi connectivity index (χ2n) is 3.19. The first-order valence-electron chi connectivity index (χ1n) is 4.42. The summed E-state index contributed by atoms with van der Waals surface area (Å²) in [7, 11) is 1.82. The van der Waals surface area contributed by atoms with E-state index in [9.17, 15) is 4.79 Å². The van der Waals surface area contributed by atoms with Crippen molar-refractivity contribution in [1.82, 2.24) is 0 Å². The molecule has 0 atom stereocenters. The number of benzene rings is 1. The second kappa shape index (κ2) is 8.21. The molecule has 0 aliphatic rings. The van der Waals surface area contributed by atoms with Crippen LogP contribution in [0.25, 0.3) is 0 Å². The van der Waals surface area contributed by atoms with E-state index >= 15 is 0 Å². The highest BCUT2D eigenvalue weighted by atomic mass is 35.5. The smallest absolute Gasteiger partial charge is 0.236 e. The van der Waals surface area contributed by atoms with Gasteiger partial charge in [0.2, 0.25) is 5.91 Å². The first-order chi connectivity index (χ1) is 6.63. The Kier molecular flexibility index (Phi) is 8.95. The Labute approximate surface area is 108 Å². The van der Waals surface area contributed by atoms with E-state index in [1.54, 1.807) is 4.90 Å². The van der Waals surface area contributed by atoms with Crippen molar-refractivity contribution in [3.05, 3.63) is 29.8 Å². The number of anilines is 1. The normalized spacial score (nSPS) is 8.62. The second-order valence-corrected chi connectivity index (χ2v) is 3.19.